The molecule has 1 N–H and O–H groups in total. The smallest absolute Gasteiger partial charge is 0.257 e. The van der Waals surface area contributed by atoms with Gasteiger partial charge in [-0.2, -0.15) is 0 Å². The van der Waals surface area contributed by atoms with Crippen LogP contribution in [-0.4, -0.2) is 31.1 Å². The molecule has 0 bridgehead atoms. The normalized spacial score (nSPS) is 10.7. The fourth-order valence-electron chi connectivity index (χ4n) is 2.46. The Morgan fingerprint density at radius 1 is 1.11 bits per heavy atom. The largest absolute Gasteiger partial charge is 0.298 e. The summed E-state index contributed by atoms with van der Waals surface area (Å²) < 4.78 is 1.52. The van der Waals surface area contributed by atoms with Crippen LogP contribution >= 0.6 is 22.9 Å². The number of amides is 1. The van der Waals surface area contributed by atoms with Crippen molar-refractivity contribution in [2.24, 2.45) is 0 Å². The molecule has 0 aliphatic carbocycles. The molecule has 0 saturated carbocycles. The number of thiazole rings is 1. The number of tetrazole rings is 1. The minimum atomic E-state index is -0.217. The van der Waals surface area contributed by atoms with Crippen LogP contribution in [0.25, 0.3) is 5.69 Å². The molecule has 0 fully saturated rings. The first-order chi connectivity index (χ1) is 13.2. The summed E-state index contributed by atoms with van der Waals surface area (Å²) in [6.07, 6.45) is 4.01. The molecule has 0 unspecified atom stereocenters. The number of nitrogens with one attached hydrogen (secondary N) is 1. The lowest BCUT2D eigenvalue weighted by Gasteiger charge is -2.03. The molecule has 7 nitrogen and oxygen atoms in total. The van der Waals surface area contributed by atoms with Gasteiger partial charge in [0.1, 0.15) is 6.33 Å². The Balaban J connectivity index is 1.41. The van der Waals surface area contributed by atoms with Crippen LogP contribution in [0.1, 0.15) is 20.8 Å². The molecule has 0 aliphatic rings. The SMILES string of the molecule is O=C(Nc1ncc(Cc2ccc(Cl)cc2)s1)c1ccc(-n2cnnn2)cc1. The zero-order valence-electron chi connectivity index (χ0n) is 13.9. The van der Waals surface area contributed by atoms with Crippen LogP contribution in [0.3, 0.4) is 0 Å². The van der Waals surface area contributed by atoms with Gasteiger partial charge in [0.15, 0.2) is 5.13 Å². The number of halogens is 1. The molecule has 0 atom stereocenters. The van der Waals surface area contributed by atoms with E-state index in [0.717, 1.165) is 22.5 Å². The minimum Gasteiger partial charge on any atom is -0.298 e. The van der Waals surface area contributed by atoms with Crippen molar-refractivity contribution in [3.8, 4) is 5.69 Å². The van der Waals surface area contributed by atoms with Crippen LogP contribution in [0.5, 0.6) is 0 Å². The molecule has 1 amide bonds. The number of rotatable bonds is 5. The number of benzene rings is 2. The fourth-order valence-corrected chi connectivity index (χ4v) is 3.43. The van der Waals surface area contributed by atoms with E-state index in [1.54, 1.807) is 30.5 Å². The van der Waals surface area contributed by atoms with E-state index in [2.05, 4.69) is 25.8 Å². The summed E-state index contributed by atoms with van der Waals surface area (Å²) in [6, 6.07) is 14.7. The number of hydrogen-bond donors (Lipinski definition) is 1. The molecular weight excluding hydrogens is 384 g/mol. The molecule has 0 aliphatic heterocycles. The van der Waals surface area contributed by atoms with Crippen molar-refractivity contribution in [1.82, 2.24) is 25.2 Å². The van der Waals surface area contributed by atoms with Gasteiger partial charge < -0.3 is 0 Å². The van der Waals surface area contributed by atoms with E-state index in [9.17, 15) is 4.79 Å². The van der Waals surface area contributed by atoms with Gasteiger partial charge in [0.05, 0.1) is 5.69 Å². The van der Waals surface area contributed by atoms with Gasteiger partial charge in [-0.05, 0) is 52.4 Å². The van der Waals surface area contributed by atoms with Crippen LogP contribution < -0.4 is 5.32 Å². The lowest BCUT2D eigenvalue weighted by atomic mass is 10.1. The van der Waals surface area contributed by atoms with E-state index in [1.165, 1.54) is 22.3 Å². The number of carbonyl (C=O) groups is 1. The predicted molar refractivity (Wildman–Crippen MR) is 103 cm³/mol. The quantitative estimate of drug-likeness (QED) is 0.557. The van der Waals surface area contributed by atoms with Crippen molar-refractivity contribution < 1.29 is 4.79 Å². The van der Waals surface area contributed by atoms with Gasteiger partial charge in [-0.15, -0.1) is 16.4 Å². The average molecular weight is 397 g/mol. The Hall–Kier alpha value is -3.10. The van der Waals surface area contributed by atoms with Crippen LogP contribution in [0, 0.1) is 0 Å². The van der Waals surface area contributed by atoms with E-state index >= 15 is 0 Å². The highest BCUT2D eigenvalue weighted by atomic mass is 35.5. The van der Waals surface area contributed by atoms with Crippen molar-refractivity contribution in [1.29, 1.82) is 0 Å². The van der Waals surface area contributed by atoms with Gasteiger partial charge in [-0.3, -0.25) is 10.1 Å². The summed E-state index contributed by atoms with van der Waals surface area (Å²) in [7, 11) is 0. The first-order valence-corrected chi connectivity index (χ1v) is 9.21. The number of anilines is 1. The molecule has 9 heteroatoms. The van der Waals surface area contributed by atoms with Crippen molar-refractivity contribution in [3.63, 3.8) is 0 Å². The lowest BCUT2D eigenvalue weighted by molar-refractivity contribution is 0.102. The molecule has 0 radical (unpaired) electrons. The summed E-state index contributed by atoms with van der Waals surface area (Å²) in [5, 5.41) is 15.1. The Morgan fingerprint density at radius 3 is 2.59 bits per heavy atom. The van der Waals surface area contributed by atoms with Crippen molar-refractivity contribution in [2.75, 3.05) is 5.32 Å². The topological polar surface area (TPSA) is 85.6 Å². The predicted octanol–water partition coefficient (Wildman–Crippen LogP) is 3.62. The number of carbonyl (C=O) groups excluding carboxylic acids is 1. The Kier molecular flexibility index (Phi) is 4.91. The third kappa shape index (κ3) is 4.18. The van der Waals surface area contributed by atoms with E-state index in [4.69, 9.17) is 11.6 Å². The van der Waals surface area contributed by atoms with Gasteiger partial charge in [0, 0.05) is 28.1 Å². The van der Waals surface area contributed by atoms with Crippen molar-refractivity contribution in [2.45, 2.75) is 6.42 Å². The second-order valence-corrected chi connectivity index (χ2v) is 7.24. The van der Waals surface area contributed by atoms with E-state index < -0.39 is 0 Å². The molecule has 0 saturated heterocycles. The highest BCUT2D eigenvalue weighted by Gasteiger charge is 2.10. The minimum absolute atomic E-state index is 0.217. The van der Waals surface area contributed by atoms with Gasteiger partial charge in [0.2, 0.25) is 0 Å². The zero-order chi connectivity index (χ0) is 18.6. The third-order valence-corrected chi connectivity index (χ3v) is 4.97. The first-order valence-electron chi connectivity index (χ1n) is 8.01. The van der Waals surface area contributed by atoms with Gasteiger partial charge in [-0.1, -0.05) is 23.7 Å². The molecule has 4 aromatic rings. The Morgan fingerprint density at radius 2 is 1.89 bits per heavy atom. The molecule has 4 rings (SSSR count). The van der Waals surface area contributed by atoms with Crippen molar-refractivity contribution >= 4 is 34.0 Å². The molecule has 2 aromatic carbocycles. The maximum absolute atomic E-state index is 12.4. The maximum Gasteiger partial charge on any atom is 0.257 e. The molecule has 27 heavy (non-hydrogen) atoms. The van der Waals surface area contributed by atoms with Gasteiger partial charge in [-0.25, -0.2) is 9.67 Å². The second kappa shape index (κ2) is 7.65. The summed E-state index contributed by atoms with van der Waals surface area (Å²) in [5.74, 6) is -0.217. The average Bonchev–Trinajstić information content (AvgIpc) is 3.36. The van der Waals surface area contributed by atoms with Crippen molar-refractivity contribution in [3.05, 3.63) is 82.1 Å². The summed E-state index contributed by atoms with van der Waals surface area (Å²) >= 11 is 7.35. The maximum atomic E-state index is 12.4. The number of nitrogens with zero attached hydrogens (tertiary/aromatic N) is 5. The van der Waals surface area contributed by atoms with Crippen LogP contribution in [-0.2, 0) is 6.42 Å². The van der Waals surface area contributed by atoms with E-state index in [1.807, 2.05) is 24.3 Å². The molecule has 2 heterocycles. The third-order valence-electron chi connectivity index (χ3n) is 3.81. The van der Waals surface area contributed by atoms with Crippen LogP contribution in [0.15, 0.2) is 61.1 Å². The molecule has 2 aromatic heterocycles. The monoisotopic (exact) mass is 396 g/mol. The number of aromatic nitrogens is 5. The highest BCUT2D eigenvalue weighted by Crippen LogP contribution is 2.22. The molecule has 134 valence electrons. The van der Waals surface area contributed by atoms with Gasteiger partial charge in [0.25, 0.3) is 5.91 Å². The number of hydrogen-bond acceptors (Lipinski definition) is 6. The Labute approximate surface area is 163 Å². The highest BCUT2D eigenvalue weighted by molar-refractivity contribution is 7.15. The van der Waals surface area contributed by atoms with Crippen LogP contribution in [0.2, 0.25) is 5.02 Å². The second-order valence-electron chi connectivity index (χ2n) is 5.69. The fraction of sp³-hybridized carbons (Fsp3) is 0.0556. The molecule has 0 spiro atoms. The Bertz CT molecular complexity index is 1040. The summed E-state index contributed by atoms with van der Waals surface area (Å²) in [5.41, 5.74) is 2.44. The van der Waals surface area contributed by atoms with E-state index in [0.29, 0.717) is 15.7 Å². The lowest BCUT2D eigenvalue weighted by Crippen LogP contribution is -2.11. The van der Waals surface area contributed by atoms with Crippen LogP contribution in [0.4, 0.5) is 5.13 Å². The standard InChI is InChI=1S/C18H13ClN6OS/c19-14-5-1-12(2-6-14)9-16-10-20-18(27-16)22-17(26)13-3-7-15(8-4-13)25-11-21-23-24-25/h1-8,10-11H,9H2,(H,20,22,26). The molecular formula is C18H13ClN6OS. The summed E-state index contributed by atoms with van der Waals surface area (Å²) in [4.78, 5) is 17.8. The first kappa shape index (κ1) is 17.3. The van der Waals surface area contributed by atoms with Gasteiger partial charge >= 0.3 is 0 Å². The summed E-state index contributed by atoms with van der Waals surface area (Å²) in [6.45, 7) is 0. The zero-order valence-corrected chi connectivity index (χ0v) is 15.5. The van der Waals surface area contributed by atoms with E-state index in [-0.39, 0.29) is 5.91 Å².